The number of ketones is 1. The molecular weight excluding hydrogens is 192 g/mol. The van der Waals surface area contributed by atoms with E-state index in [2.05, 4.69) is 6.92 Å². The first kappa shape index (κ1) is 11.8. The fourth-order valence-corrected chi connectivity index (χ4v) is 3.86. The Morgan fingerprint density at radius 3 is 2.71 bits per heavy atom. The molecule has 0 amide bonds. The van der Waals surface area contributed by atoms with Crippen molar-refractivity contribution >= 4 is 16.7 Å². The van der Waals surface area contributed by atoms with Crippen molar-refractivity contribution in [1.82, 2.24) is 0 Å². The van der Waals surface area contributed by atoms with Crippen LogP contribution in [-0.4, -0.2) is 23.0 Å². The molecule has 0 N–H and O–H groups in total. The molecule has 0 aliphatic carbocycles. The van der Waals surface area contributed by atoms with Gasteiger partial charge in [-0.15, -0.1) is 0 Å². The molecule has 14 heavy (non-hydrogen) atoms. The summed E-state index contributed by atoms with van der Waals surface area (Å²) in [5, 5.41) is 0. The van der Waals surface area contributed by atoms with Crippen molar-refractivity contribution in [2.45, 2.75) is 39.0 Å². The second kappa shape index (κ2) is 7.10. The number of hydrogen-bond acceptors (Lipinski definition) is 1. The van der Waals surface area contributed by atoms with Gasteiger partial charge in [0, 0.05) is 0 Å². The Balaban J connectivity index is 2.11. The summed E-state index contributed by atoms with van der Waals surface area (Å²) in [6.07, 6.45) is 10.0. The van der Waals surface area contributed by atoms with Gasteiger partial charge in [-0.2, -0.15) is 0 Å². The predicted octanol–water partition coefficient (Wildman–Crippen LogP) is 2.71. The van der Waals surface area contributed by atoms with Gasteiger partial charge in [0.1, 0.15) is 11.5 Å². The van der Waals surface area contributed by atoms with E-state index in [9.17, 15) is 4.79 Å². The van der Waals surface area contributed by atoms with Crippen molar-refractivity contribution in [1.29, 1.82) is 0 Å². The van der Waals surface area contributed by atoms with Gasteiger partial charge in [0.15, 0.2) is 5.75 Å². The van der Waals surface area contributed by atoms with Crippen molar-refractivity contribution in [2.24, 2.45) is 0 Å². The van der Waals surface area contributed by atoms with Crippen LogP contribution in [0.2, 0.25) is 0 Å². The monoisotopic (exact) mass is 213 g/mol. The van der Waals surface area contributed by atoms with Crippen LogP contribution in [0.25, 0.3) is 0 Å². The second-order valence-corrected chi connectivity index (χ2v) is 6.21. The highest BCUT2D eigenvalue weighted by atomic mass is 32.2. The largest absolute Gasteiger partial charge is 0.290 e. The van der Waals surface area contributed by atoms with Gasteiger partial charge in [-0.25, -0.2) is 0 Å². The van der Waals surface area contributed by atoms with Crippen molar-refractivity contribution in [3.8, 4) is 0 Å². The van der Waals surface area contributed by atoms with Gasteiger partial charge in [0.05, 0.1) is 0 Å². The molecule has 1 aliphatic rings. The third-order valence-corrected chi connectivity index (χ3v) is 4.92. The van der Waals surface area contributed by atoms with E-state index < -0.39 is 0 Å². The molecule has 0 spiro atoms. The summed E-state index contributed by atoms with van der Waals surface area (Å²) in [7, 11) is 0.435. The standard InChI is InChI=1S/C12H21OS/c1-2-3-4-5-8-12(13)11-14-9-6-7-10-14/h5,8H,2-4,6-7,9-11H2,1H3/q+1. The Morgan fingerprint density at radius 2 is 2.07 bits per heavy atom. The minimum Gasteiger partial charge on any atom is -0.290 e. The molecule has 0 saturated carbocycles. The molecule has 0 aromatic rings. The van der Waals surface area contributed by atoms with Crippen LogP contribution in [0.15, 0.2) is 12.2 Å². The minimum atomic E-state index is 0.353. The lowest BCUT2D eigenvalue weighted by Crippen LogP contribution is -2.15. The Bertz CT molecular complexity index is 192. The summed E-state index contributed by atoms with van der Waals surface area (Å²) in [6.45, 7) is 2.18. The van der Waals surface area contributed by atoms with Crippen molar-refractivity contribution < 1.29 is 4.79 Å². The topological polar surface area (TPSA) is 17.1 Å². The van der Waals surface area contributed by atoms with Crippen molar-refractivity contribution in [2.75, 3.05) is 17.3 Å². The minimum absolute atomic E-state index is 0.353. The zero-order valence-corrected chi connectivity index (χ0v) is 9.94. The first-order chi connectivity index (χ1) is 6.83. The molecule has 0 bridgehead atoms. The van der Waals surface area contributed by atoms with Gasteiger partial charge in [-0.1, -0.05) is 25.8 Å². The normalized spacial score (nSPS) is 18.1. The highest BCUT2D eigenvalue weighted by molar-refractivity contribution is 7.97. The number of rotatable bonds is 6. The van der Waals surface area contributed by atoms with E-state index in [1.807, 2.05) is 6.08 Å². The first-order valence-electron chi connectivity index (χ1n) is 5.66. The smallest absolute Gasteiger partial charge is 0.204 e. The van der Waals surface area contributed by atoms with Gasteiger partial charge in [0.25, 0.3) is 0 Å². The quantitative estimate of drug-likeness (QED) is 0.377. The van der Waals surface area contributed by atoms with E-state index in [4.69, 9.17) is 0 Å². The van der Waals surface area contributed by atoms with Crippen LogP contribution >= 0.6 is 0 Å². The molecule has 1 saturated heterocycles. The number of allylic oxidation sites excluding steroid dienone is 2. The van der Waals surface area contributed by atoms with Gasteiger partial charge < -0.3 is 0 Å². The summed E-state index contributed by atoms with van der Waals surface area (Å²) in [4.78, 5) is 11.5. The summed E-state index contributed by atoms with van der Waals surface area (Å²) in [5.41, 5.74) is 0. The van der Waals surface area contributed by atoms with Gasteiger partial charge in [-0.05, 0) is 36.2 Å². The molecule has 1 rings (SSSR count). The van der Waals surface area contributed by atoms with E-state index in [0.717, 1.165) is 12.2 Å². The lowest BCUT2D eigenvalue weighted by molar-refractivity contribution is -0.112. The molecule has 1 fully saturated rings. The molecule has 80 valence electrons. The average Bonchev–Trinajstić information content (AvgIpc) is 2.65. The maximum atomic E-state index is 11.5. The van der Waals surface area contributed by atoms with E-state index in [-0.39, 0.29) is 0 Å². The predicted molar refractivity (Wildman–Crippen MR) is 64.9 cm³/mol. The molecule has 0 aromatic heterocycles. The summed E-state index contributed by atoms with van der Waals surface area (Å²) in [6, 6.07) is 0. The first-order valence-corrected chi connectivity index (χ1v) is 7.39. The zero-order valence-electron chi connectivity index (χ0n) is 9.13. The number of carbonyl (C=O) groups excluding carboxylic acids is 1. The molecule has 1 nitrogen and oxygen atoms in total. The molecule has 1 aliphatic heterocycles. The summed E-state index contributed by atoms with van der Waals surface area (Å²) < 4.78 is 0. The van der Waals surface area contributed by atoms with Gasteiger partial charge in [0.2, 0.25) is 5.78 Å². The maximum absolute atomic E-state index is 11.5. The Kier molecular flexibility index (Phi) is 6.00. The van der Waals surface area contributed by atoms with Crippen molar-refractivity contribution in [3.05, 3.63) is 12.2 Å². The van der Waals surface area contributed by atoms with E-state index in [1.165, 1.54) is 37.2 Å². The molecule has 0 radical (unpaired) electrons. The molecule has 0 atom stereocenters. The highest BCUT2D eigenvalue weighted by Crippen LogP contribution is 2.13. The highest BCUT2D eigenvalue weighted by Gasteiger charge is 2.25. The molecule has 0 aromatic carbocycles. The summed E-state index contributed by atoms with van der Waals surface area (Å²) in [5.74, 6) is 3.78. The molecule has 2 heteroatoms. The van der Waals surface area contributed by atoms with Gasteiger partial charge >= 0.3 is 0 Å². The second-order valence-electron chi connectivity index (χ2n) is 3.88. The Hall–Kier alpha value is -0.240. The lowest BCUT2D eigenvalue weighted by Gasteiger charge is -1.96. The SMILES string of the molecule is CCCCC=CC(=O)C[S+]1CCCC1. The molecule has 1 heterocycles. The fraction of sp³-hybridized carbons (Fsp3) is 0.750. The van der Waals surface area contributed by atoms with Crippen LogP contribution in [0.5, 0.6) is 0 Å². The van der Waals surface area contributed by atoms with Crippen LogP contribution in [0.4, 0.5) is 0 Å². The number of carbonyl (C=O) groups is 1. The Labute approximate surface area is 90.3 Å². The zero-order chi connectivity index (χ0) is 10.2. The molecule has 0 unspecified atom stereocenters. The Morgan fingerprint density at radius 1 is 1.36 bits per heavy atom. The van der Waals surface area contributed by atoms with Crippen molar-refractivity contribution in [3.63, 3.8) is 0 Å². The lowest BCUT2D eigenvalue weighted by atomic mass is 10.2. The number of unbranched alkanes of at least 4 members (excludes halogenated alkanes) is 2. The summed E-state index contributed by atoms with van der Waals surface area (Å²) >= 11 is 0. The van der Waals surface area contributed by atoms with Crippen LogP contribution in [-0.2, 0) is 15.7 Å². The van der Waals surface area contributed by atoms with Crippen LogP contribution in [0.3, 0.4) is 0 Å². The van der Waals surface area contributed by atoms with Crippen LogP contribution < -0.4 is 0 Å². The van der Waals surface area contributed by atoms with Crippen LogP contribution in [0.1, 0.15) is 39.0 Å². The fourth-order valence-electron chi connectivity index (χ4n) is 1.64. The average molecular weight is 213 g/mol. The maximum Gasteiger partial charge on any atom is 0.204 e. The van der Waals surface area contributed by atoms with Gasteiger partial charge in [-0.3, -0.25) is 4.79 Å². The molecular formula is C12H21OS+. The van der Waals surface area contributed by atoms with E-state index >= 15 is 0 Å². The third kappa shape index (κ3) is 4.85. The third-order valence-electron chi connectivity index (χ3n) is 2.49. The van der Waals surface area contributed by atoms with E-state index in [1.54, 1.807) is 6.08 Å². The van der Waals surface area contributed by atoms with Crippen LogP contribution in [0, 0.1) is 0 Å². The van der Waals surface area contributed by atoms with E-state index in [0.29, 0.717) is 16.7 Å². The number of hydrogen-bond donors (Lipinski definition) is 0.